The van der Waals surface area contributed by atoms with E-state index in [2.05, 4.69) is 5.32 Å². The molecule has 4 nitrogen and oxygen atoms in total. The number of nitrogens with one attached hydrogen (secondary N) is 1. The first kappa shape index (κ1) is 9.49. The molecule has 1 heterocycles. The Labute approximate surface area is 82.7 Å². The molecule has 2 fully saturated rings. The van der Waals surface area contributed by atoms with Crippen LogP contribution in [0.4, 0.5) is 0 Å². The van der Waals surface area contributed by atoms with Gasteiger partial charge in [0.2, 0.25) is 5.91 Å². The van der Waals surface area contributed by atoms with Crippen molar-refractivity contribution in [2.24, 2.45) is 11.8 Å². The molecule has 0 aromatic heterocycles. The first-order chi connectivity index (χ1) is 6.66. The van der Waals surface area contributed by atoms with Crippen LogP contribution in [0.2, 0.25) is 0 Å². The van der Waals surface area contributed by atoms with E-state index in [1.54, 1.807) is 0 Å². The second-order valence-electron chi connectivity index (χ2n) is 4.35. The average molecular weight is 197 g/mol. The van der Waals surface area contributed by atoms with Crippen molar-refractivity contribution in [2.45, 2.75) is 38.1 Å². The molecule has 1 aliphatic carbocycles. The van der Waals surface area contributed by atoms with Crippen LogP contribution in [0.1, 0.15) is 32.1 Å². The largest absolute Gasteiger partial charge is 0.481 e. The van der Waals surface area contributed by atoms with Gasteiger partial charge in [-0.3, -0.25) is 9.59 Å². The minimum atomic E-state index is -0.753. The number of carboxylic acids is 1. The molecular formula is C10H15NO3. The Bertz CT molecular complexity index is 264. The Balaban J connectivity index is 2.03. The van der Waals surface area contributed by atoms with Gasteiger partial charge in [-0.25, -0.2) is 0 Å². The second-order valence-corrected chi connectivity index (χ2v) is 4.35. The summed E-state index contributed by atoms with van der Waals surface area (Å²) >= 11 is 0. The lowest BCUT2D eigenvalue weighted by Crippen LogP contribution is -2.40. The lowest BCUT2D eigenvalue weighted by atomic mass is 9.76. The van der Waals surface area contributed by atoms with E-state index in [4.69, 9.17) is 5.11 Å². The van der Waals surface area contributed by atoms with Gasteiger partial charge in [-0.2, -0.15) is 0 Å². The van der Waals surface area contributed by atoms with Gasteiger partial charge in [-0.15, -0.1) is 0 Å². The van der Waals surface area contributed by atoms with Crippen molar-refractivity contribution in [2.75, 3.05) is 0 Å². The van der Waals surface area contributed by atoms with Gasteiger partial charge in [0.1, 0.15) is 0 Å². The minimum absolute atomic E-state index is 0.0947. The highest BCUT2D eigenvalue weighted by Gasteiger charge is 2.40. The van der Waals surface area contributed by atoms with E-state index in [-0.39, 0.29) is 24.3 Å². The number of carbonyl (C=O) groups excluding carboxylic acids is 1. The van der Waals surface area contributed by atoms with E-state index in [1.807, 2.05) is 0 Å². The summed E-state index contributed by atoms with van der Waals surface area (Å²) in [4.78, 5) is 21.8. The summed E-state index contributed by atoms with van der Waals surface area (Å²) in [5, 5.41) is 11.6. The number of rotatable bonds is 2. The van der Waals surface area contributed by atoms with Crippen LogP contribution in [0.3, 0.4) is 0 Å². The SMILES string of the molecule is O=C(O)C[C@@H]1CCC[C@H]2CC(=O)N[C@@H]12. The molecule has 2 rings (SSSR count). The van der Waals surface area contributed by atoms with Crippen LogP contribution in [0.25, 0.3) is 0 Å². The summed E-state index contributed by atoms with van der Waals surface area (Å²) in [6, 6.07) is 0.132. The summed E-state index contributed by atoms with van der Waals surface area (Å²) in [7, 11) is 0. The Morgan fingerprint density at radius 1 is 1.50 bits per heavy atom. The summed E-state index contributed by atoms with van der Waals surface area (Å²) in [6.07, 6.45) is 3.86. The maximum absolute atomic E-state index is 11.2. The van der Waals surface area contributed by atoms with E-state index in [1.165, 1.54) is 0 Å². The third-order valence-electron chi connectivity index (χ3n) is 3.38. The van der Waals surface area contributed by atoms with Gasteiger partial charge in [0.25, 0.3) is 0 Å². The normalized spacial score (nSPS) is 36.3. The molecule has 0 aromatic rings. The molecule has 0 spiro atoms. The monoisotopic (exact) mass is 197 g/mol. The molecule has 1 saturated heterocycles. The Kier molecular flexibility index (Phi) is 2.44. The quantitative estimate of drug-likeness (QED) is 0.687. The molecule has 1 saturated carbocycles. The Morgan fingerprint density at radius 2 is 2.29 bits per heavy atom. The van der Waals surface area contributed by atoms with Gasteiger partial charge in [-0.1, -0.05) is 6.42 Å². The maximum Gasteiger partial charge on any atom is 0.303 e. The van der Waals surface area contributed by atoms with Crippen molar-refractivity contribution in [3.8, 4) is 0 Å². The molecule has 0 bridgehead atoms. The van der Waals surface area contributed by atoms with Crippen molar-refractivity contribution in [1.82, 2.24) is 5.32 Å². The molecule has 2 aliphatic rings. The molecular weight excluding hydrogens is 182 g/mol. The Hall–Kier alpha value is -1.06. The lowest BCUT2D eigenvalue weighted by molar-refractivity contribution is -0.138. The van der Waals surface area contributed by atoms with Gasteiger partial charge < -0.3 is 10.4 Å². The molecule has 2 N–H and O–H groups in total. The fraction of sp³-hybridized carbons (Fsp3) is 0.800. The fourth-order valence-electron chi connectivity index (χ4n) is 2.79. The summed E-state index contributed by atoms with van der Waals surface area (Å²) in [6.45, 7) is 0. The van der Waals surface area contributed by atoms with Gasteiger partial charge in [0.15, 0.2) is 0 Å². The predicted octanol–water partition coefficient (Wildman–Crippen LogP) is 0.766. The van der Waals surface area contributed by atoms with Gasteiger partial charge in [0.05, 0.1) is 6.42 Å². The number of amides is 1. The third-order valence-corrected chi connectivity index (χ3v) is 3.38. The second kappa shape index (κ2) is 3.59. The highest BCUT2D eigenvalue weighted by Crippen LogP contribution is 2.36. The van der Waals surface area contributed by atoms with E-state index < -0.39 is 5.97 Å². The molecule has 0 radical (unpaired) electrons. The van der Waals surface area contributed by atoms with Gasteiger partial charge >= 0.3 is 5.97 Å². The average Bonchev–Trinajstić information content (AvgIpc) is 2.45. The van der Waals surface area contributed by atoms with E-state index in [9.17, 15) is 9.59 Å². The fourth-order valence-corrected chi connectivity index (χ4v) is 2.79. The maximum atomic E-state index is 11.2. The molecule has 3 atom stereocenters. The number of fused-ring (bicyclic) bond motifs is 1. The highest BCUT2D eigenvalue weighted by atomic mass is 16.4. The van der Waals surface area contributed by atoms with Gasteiger partial charge in [0, 0.05) is 12.5 Å². The molecule has 14 heavy (non-hydrogen) atoms. The van der Waals surface area contributed by atoms with Crippen LogP contribution in [0.5, 0.6) is 0 Å². The highest BCUT2D eigenvalue weighted by molar-refractivity contribution is 5.79. The first-order valence-corrected chi connectivity index (χ1v) is 5.18. The van der Waals surface area contributed by atoms with Crippen LogP contribution < -0.4 is 5.32 Å². The number of carboxylic acid groups (broad SMARTS) is 1. The summed E-state index contributed by atoms with van der Waals surface area (Å²) in [5.41, 5.74) is 0. The molecule has 78 valence electrons. The third kappa shape index (κ3) is 1.74. The molecule has 1 aliphatic heterocycles. The summed E-state index contributed by atoms with van der Waals surface area (Å²) in [5.74, 6) is -0.118. The van der Waals surface area contributed by atoms with Crippen molar-refractivity contribution in [1.29, 1.82) is 0 Å². The van der Waals surface area contributed by atoms with Crippen LogP contribution in [-0.2, 0) is 9.59 Å². The molecule has 0 unspecified atom stereocenters. The van der Waals surface area contributed by atoms with E-state index in [0.717, 1.165) is 19.3 Å². The topological polar surface area (TPSA) is 66.4 Å². The number of hydrogen-bond acceptors (Lipinski definition) is 2. The minimum Gasteiger partial charge on any atom is -0.481 e. The van der Waals surface area contributed by atoms with Crippen molar-refractivity contribution in [3.63, 3.8) is 0 Å². The Morgan fingerprint density at radius 3 is 3.00 bits per heavy atom. The van der Waals surface area contributed by atoms with Crippen molar-refractivity contribution < 1.29 is 14.7 Å². The lowest BCUT2D eigenvalue weighted by Gasteiger charge is -2.32. The summed E-state index contributed by atoms with van der Waals surface area (Å²) < 4.78 is 0. The number of hydrogen-bond donors (Lipinski definition) is 2. The van der Waals surface area contributed by atoms with E-state index >= 15 is 0 Å². The van der Waals surface area contributed by atoms with Gasteiger partial charge in [-0.05, 0) is 24.7 Å². The van der Waals surface area contributed by atoms with E-state index in [0.29, 0.717) is 12.3 Å². The number of carbonyl (C=O) groups is 2. The molecule has 1 amide bonds. The molecule has 4 heteroatoms. The van der Waals surface area contributed by atoms with Crippen LogP contribution in [0, 0.1) is 11.8 Å². The van der Waals surface area contributed by atoms with Crippen LogP contribution in [-0.4, -0.2) is 23.0 Å². The number of aliphatic carboxylic acids is 1. The standard InChI is InChI=1S/C10H15NO3/c12-8-4-6-2-1-3-7(5-9(13)14)10(6)11-8/h6-7,10H,1-5H2,(H,11,12)(H,13,14)/t6-,7-,10+/m0/s1. The van der Waals surface area contributed by atoms with Crippen molar-refractivity contribution in [3.05, 3.63) is 0 Å². The molecule has 0 aromatic carbocycles. The first-order valence-electron chi connectivity index (χ1n) is 5.18. The predicted molar refractivity (Wildman–Crippen MR) is 49.6 cm³/mol. The zero-order chi connectivity index (χ0) is 10.1. The zero-order valence-electron chi connectivity index (χ0n) is 8.03. The van der Waals surface area contributed by atoms with Crippen LogP contribution in [0.15, 0.2) is 0 Å². The van der Waals surface area contributed by atoms with Crippen molar-refractivity contribution >= 4 is 11.9 Å². The van der Waals surface area contributed by atoms with Crippen LogP contribution >= 0.6 is 0 Å². The smallest absolute Gasteiger partial charge is 0.303 e. The zero-order valence-corrected chi connectivity index (χ0v) is 8.03.